The number of morpholine rings is 1. The van der Waals surface area contributed by atoms with Crippen molar-refractivity contribution in [2.45, 2.75) is 20.1 Å². The number of rotatable bonds is 0. The second kappa shape index (κ2) is 17.3. The van der Waals surface area contributed by atoms with E-state index in [1.807, 2.05) is 13.8 Å². The molecule has 1 atom stereocenters. The topological polar surface area (TPSA) is 41.5 Å². The molecule has 1 radical (unpaired) electrons. The fraction of sp³-hybridized carbons (Fsp3) is 0.750. The summed E-state index contributed by atoms with van der Waals surface area (Å²) in [6.07, 6.45) is -0.436. The summed E-state index contributed by atoms with van der Waals surface area (Å²) in [5, 5.41) is 11.5. The van der Waals surface area contributed by atoms with Crippen molar-refractivity contribution in [2.75, 3.05) is 19.8 Å². The van der Waals surface area contributed by atoms with Gasteiger partial charge in [0.2, 0.25) is 0 Å². The van der Waals surface area contributed by atoms with E-state index in [0.29, 0.717) is 6.61 Å². The number of hydrogen-bond acceptors (Lipinski definition) is 3. The molecule has 0 aromatic carbocycles. The van der Waals surface area contributed by atoms with Crippen LogP contribution in [0.5, 0.6) is 0 Å². The minimum absolute atomic E-state index is 0. The molecular weight excluding hydrogens is 193 g/mol. The third-order valence-corrected chi connectivity index (χ3v) is 0.902. The van der Waals surface area contributed by atoms with Gasteiger partial charge >= 0.3 is 0 Å². The molecule has 12 heavy (non-hydrogen) atoms. The Kier molecular flexibility index (Phi) is 26.1. The Morgan fingerprint density at radius 2 is 1.92 bits per heavy atom. The average molecular weight is 212 g/mol. The molecule has 2 N–H and O–H groups in total. The predicted molar refractivity (Wildman–Crippen MR) is 47.4 cm³/mol. The zero-order chi connectivity index (χ0) is 9.11. The Labute approximate surface area is 87.1 Å². The minimum Gasteiger partial charge on any atom is -0.376 e. The van der Waals surface area contributed by atoms with Crippen molar-refractivity contribution in [1.29, 1.82) is 0 Å². The SMILES string of the molecule is C=C.CC.O[C@@H]1COCCN1.[V]. The monoisotopic (exact) mass is 212 g/mol. The first kappa shape index (κ1) is 18.1. The summed E-state index contributed by atoms with van der Waals surface area (Å²) in [6, 6.07) is 0. The van der Waals surface area contributed by atoms with Gasteiger partial charge in [0.1, 0.15) is 6.23 Å². The van der Waals surface area contributed by atoms with Crippen LogP contribution in [-0.2, 0) is 23.3 Å². The Bertz CT molecular complexity index is 68.1. The molecule has 1 heterocycles. The van der Waals surface area contributed by atoms with E-state index in [2.05, 4.69) is 18.5 Å². The van der Waals surface area contributed by atoms with E-state index < -0.39 is 6.23 Å². The van der Waals surface area contributed by atoms with Gasteiger partial charge in [-0.3, -0.25) is 5.32 Å². The summed E-state index contributed by atoms with van der Waals surface area (Å²) in [7, 11) is 0. The van der Waals surface area contributed by atoms with Crippen molar-refractivity contribution < 1.29 is 28.4 Å². The maximum Gasteiger partial charge on any atom is 0.128 e. The Hall–Kier alpha value is 0.204. The van der Waals surface area contributed by atoms with E-state index in [9.17, 15) is 0 Å². The van der Waals surface area contributed by atoms with Gasteiger partial charge in [0.15, 0.2) is 0 Å². The van der Waals surface area contributed by atoms with E-state index in [1.54, 1.807) is 0 Å². The Morgan fingerprint density at radius 1 is 1.42 bits per heavy atom. The molecule has 0 amide bonds. The number of ether oxygens (including phenoxy) is 1. The number of nitrogens with one attached hydrogen (secondary N) is 1. The van der Waals surface area contributed by atoms with Crippen LogP contribution in [0.4, 0.5) is 0 Å². The smallest absolute Gasteiger partial charge is 0.128 e. The maximum absolute atomic E-state index is 8.67. The van der Waals surface area contributed by atoms with Gasteiger partial charge in [0, 0.05) is 25.1 Å². The minimum atomic E-state index is -0.436. The summed E-state index contributed by atoms with van der Waals surface area (Å²) >= 11 is 0. The van der Waals surface area contributed by atoms with Crippen molar-refractivity contribution in [2.24, 2.45) is 0 Å². The summed E-state index contributed by atoms with van der Waals surface area (Å²) in [5.41, 5.74) is 0. The van der Waals surface area contributed by atoms with Gasteiger partial charge in [-0.1, -0.05) is 13.8 Å². The van der Waals surface area contributed by atoms with Gasteiger partial charge in [-0.15, -0.1) is 13.2 Å². The van der Waals surface area contributed by atoms with Gasteiger partial charge in [-0.05, 0) is 0 Å². The van der Waals surface area contributed by atoms with E-state index >= 15 is 0 Å². The molecule has 0 bridgehead atoms. The van der Waals surface area contributed by atoms with Crippen LogP contribution in [0.25, 0.3) is 0 Å². The van der Waals surface area contributed by atoms with Crippen LogP contribution in [0.1, 0.15) is 13.8 Å². The largest absolute Gasteiger partial charge is 0.376 e. The van der Waals surface area contributed by atoms with Gasteiger partial charge in [0.25, 0.3) is 0 Å². The predicted octanol–water partition coefficient (Wildman–Crippen LogP) is 0.750. The quantitative estimate of drug-likeness (QED) is 0.582. The first-order chi connectivity index (χ1) is 5.39. The van der Waals surface area contributed by atoms with Crippen LogP contribution in [0.3, 0.4) is 0 Å². The van der Waals surface area contributed by atoms with Crippen LogP contribution < -0.4 is 5.32 Å². The van der Waals surface area contributed by atoms with E-state index in [4.69, 9.17) is 9.84 Å². The van der Waals surface area contributed by atoms with E-state index in [1.165, 1.54) is 0 Å². The van der Waals surface area contributed by atoms with Crippen molar-refractivity contribution >= 4 is 0 Å². The van der Waals surface area contributed by atoms with Crippen molar-refractivity contribution in [3.8, 4) is 0 Å². The van der Waals surface area contributed by atoms with Crippen LogP contribution >= 0.6 is 0 Å². The summed E-state index contributed by atoms with van der Waals surface area (Å²) in [5.74, 6) is 0. The Balaban J connectivity index is -0.000000144. The molecule has 1 aliphatic rings. The number of aliphatic hydroxyl groups excluding tert-OH is 1. The second-order valence-corrected chi connectivity index (χ2v) is 1.54. The molecule has 0 aliphatic carbocycles. The van der Waals surface area contributed by atoms with Gasteiger partial charge in [-0.2, -0.15) is 0 Å². The molecule has 0 aromatic heterocycles. The molecule has 3 nitrogen and oxygen atoms in total. The zero-order valence-electron chi connectivity index (χ0n) is 7.92. The van der Waals surface area contributed by atoms with Crippen molar-refractivity contribution in [3.63, 3.8) is 0 Å². The molecule has 0 aromatic rings. The first-order valence-corrected chi connectivity index (χ1v) is 3.89. The van der Waals surface area contributed by atoms with Crippen LogP contribution in [0.15, 0.2) is 13.2 Å². The molecule has 1 aliphatic heterocycles. The fourth-order valence-electron chi connectivity index (χ4n) is 0.552. The molecule has 0 unspecified atom stereocenters. The van der Waals surface area contributed by atoms with E-state index in [-0.39, 0.29) is 18.6 Å². The van der Waals surface area contributed by atoms with Crippen molar-refractivity contribution in [1.82, 2.24) is 5.32 Å². The summed E-state index contributed by atoms with van der Waals surface area (Å²) < 4.78 is 4.87. The molecule has 4 heteroatoms. The molecule has 0 spiro atoms. The molecule has 0 saturated carbocycles. The molecule has 1 fully saturated rings. The standard InChI is InChI=1S/C4H9NO2.C2H6.C2H4.V/c6-4-3-7-2-1-5-4;2*1-2;/h4-6H,1-3H2;1-2H3;1-2H2;/t4-;;;/m1.../s1. The first-order valence-electron chi connectivity index (χ1n) is 3.89. The fourth-order valence-corrected chi connectivity index (χ4v) is 0.552. The maximum atomic E-state index is 8.67. The van der Waals surface area contributed by atoms with Crippen molar-refractivity contribution in [3.05, 3.63) is 13.2 Å². The molecular formula is C8H19NO2V. The van der Waals surface area contributed by atoms with Crippen LogP contribution in [0.2, 0.25) is 0 Å². The van der Waals surface area contributed by atoms with E-state index in [0.717, 1.165) is 13.2 Å². The number of aliphatic hydroxyl groups is 1. The molecule has 73 valence electrons. The Morgan fingerprint density at radius 3 is 2.08 bits per heavy atom. The normalized spacial score (nSPS) is 20.1. The van der Waals surface area contributed by atoms with Gasteiger partial charge < -0.3 is 9.84 Å². The molecule has 1 saturated heterocycles. The average Bonchev–Trinajstić information content (AvgIpc) is 2.13. The third kappa shape index (κ3) is 12.8. The third-order valence-electron chi connectivity index (χ3n) is 0.902. The second-order valence-electron chi connectivity index (χ2n) is 1.54. The summed E-state index contributed by atoms with van der Waals surface area (Å²) in [4.78, 5) is 0. The van der Waals surface area contributed by atoms with Gasteiger partial charge in [0.05, 0.1) is 13.2 Å². The van der Waals surface area contributed by atoms with Crippen LogP contribution in [0, 0.1) is 0 Å². The van der Waals surface area contributed by atoms with Gasteiger partial charge in [-0.25, -0.2) is 0 Å². The molecule has 1 rings (SSSR count). The van der Waals surface area contributed by atoms with Crippen LogP contribution in [-0.4, -0.2) is 31.1 Å². The number of hydrogen-bond donors (Lipinski definition) is 2. The zero-order valence-corrected chi connectivity index (χ0v) is 9.31. The summed E-state index contributed by atoms with van der Waals surface area (Å²) in [6.45, 7) is 11.9.